The maximum absolute atomic E-state index is 12.1. The molecule has 0 fully saturated rings. The quantitative estimate of drug-likeness (QED) is 0.715. The number of aryl methyl sites for hydroxylation is 1. The zero-order valence-corrected chi connectivity index (χ0v) is 10.6. The van der Waals surface area contributed by atoms with Crippen LogP contribution in [-0.4, -0.2) is 10.9 Å². The average Bonchev–Trinajstić information content (AvgIpc) is 2.80. The van der Waals surface area contributed by atoms with Gasteiger partial charge in [0.05, 0.1) is 0 Å². The number of benzene rings is 2. The van der Waals surface area contributed by atoms with Crippen molar-refractivity contribution < 1.29 is 4.79 Å². The monoisotopic (exact) mass is 250 g/mol. The summed E-state index contributed by atoms with van der Waals surface area (Å²) in [5.41, 5.74) is 2.75. The van der Waals surface area contributed by atoms with E-state index in [1.807, 2.05) is 61.5 Å². The largest absolute Gasteiger partial charge is 0.341 e. The first-order valence-corrected chi connectivity index (χ1v) is 6.18. The van der Waals surface area contributed by atoms with E-state index in [1.165, 1.54) is 0 Å². The Morgan fingerprint density at radius 3 is 2.68 bits per heavy atom. The first-order chi connectivity index (χ1) is 9.22. The molecule has 0 aliphatic rings. The van der Waals surface area contributed by atoms with Gasteiger partial charge in [0.15, 0.2) is 0 Å². The number of carbonyl (C=O) groups is 1. The number of rotatable bonds is 2. The van der Waals surface area contributed by atoms with Crippen LogP contribution >= 0.6 is 0 Å². The lowest BCUT2D eigenvalue weighted by Crippen LogP contribution is -2.12. The van der Waals surface area contributed by atoms with Gasteiger partial charge in [-0.1, -0.05) is 35.9 Å². The molecule has 0 atom stereocenters. The molecule has 19 heavy (non-hydrogen) atoms. The molecule has 3 heteroatoms. The van der Waals surface area contributed by atoms with E-state index < -0.39 is 0 Å². The second-order valence-electron chi connectivity index (χ2n) is 4.59. The van der Waals surface area contributed by atoms with Gasteiger partial charge in [0, 0.05) is 16.5 Å². The number of hydrogen-bond acceptors (Lipinski definition) is 1. The van der Waals surface area contributed by atoms with Crippen molar-refractivity contribution in [3.05, 3.63) is 65.7 Å². The van der Waals surface area contributed by atoms with Gasteiger partial charge in [0.2, 0.25) is 0 Å². The molecule has 3 aromatic rings. The highest BCUT2D eigenvalue weighted by Gasteiger charge is 2.07. The summed E-state index contributed by atoms with van der Waals surface area (Å²) >= 11 is 0. The summed E-state index contributed by atoms with van der Waals surface area (Å²) in [6.07, 6.45) is 0. The highest BCUT2D eigenvalue weighted by atomic mass is 16.1. The minimum Gasteiger partial charge on any atom is -0.341 e. The van der Waals surface area contributed by atoms with Crippen LogP contribution in [0.1, 0.15) is 15.9 Å². The van der Waals surface area contributed by atoms with Crippen molar-refractivity contribution in [2.75, 3.05) is 5.32 Å². The highest BCUT2D eigenvalue weighted by Crippen LogP contribution is 2.18. The Bertz CT molecular complexity index is 710. The molecule has 3 rings (SSSR count). The van der Waals surface area contributed by atoms with Crippen LogP contribution < -0.4 is 5.32 Å². The topological polar surface area (TPSA) is 44.9 Å². The number of carbonyl (C=O) groups excluding carboxylic acids is 1. The summed E-state index contributed by atoms with van der Waals surface area (Å²) in [5, 5.41) is 3.97. The summed E-state index contributed by atoms with van der Waals surface area (Å²) in [6, 6.07) is 17.4. The Balaban J connectivity index is 1.86. The molecule has 1 aromatic heterocycles. The third kappa shape index (κ3) is 2.36. The van der Waals surface area contributed by atoms with Gasteiger partial charge in [0.25, 0.3) is 5.91 Å². The van der Waals surface area contributed by atoms with E-state index in [0.29, 0.717) is 11.4 Å². The van der Waals surface area contributed by atoms with Gasteiger partial charge in [-0.05, 0) is 31.2 Å². The van der Waals surface area contributed by atoms with E-state index in [9.17, 15) is 4.79 Å². The summed E-state index contributed by atoms with van der Waals surface area (Å²) in [6.45, 7) is 1.97. The molecule has 0 bridgehead atoms. The molecule has 1 heterocycles. The van der Waals surface area contributed by atoms with Crippen molar-refractivity contribution in [1.29, 1.82) is 0 Å². The van der Waals surface area contributed by atoms with Gasteiger partial charge >= 0.3 is 0 Å². The SMILES string of the molecule is Cc1cccc(C(=O)Nc2cc3ccccc3[nH]2)c1. The number of nitrogens with one attached hydrogen (secondary N) is 2. The summed E-state index contributed by atoms with van der Waals surface area (Å²) in [5.74, 6) is 0.614. The number of hydrogen-bond donors (Lipinski definition) is 2. The Labute approximate surface area is 111 Å². The van der Waals surface area contributed by atoms with Crippen molar-refractivity contribution in [3.63, 3.8) is 0 Å². The fourth-order valence-corrected chi connectivity index (χ4v) is 2.12. The van der Waals surface area contributed by atoms with Crippen molar-refractivity contribution >= 4 is 22.6 Å². The molecular weight excluding hydrogens is 236 g/mol. The molecule has 0 aliphatic carbocycles. The maximum atomic E-state index is 12.1. The first-order valence-electron chi connectivity index (χ1n) is 6.18. The molecule has 0 unspecified atom stereocenters. The normalized spacial score (nSPS) is 10.6. The van der Waals surface area contributed by atoms with Gasteiger partial charge in [-0.25, -0.2) is 0 Å². The van der Waals surface area contributed by atoms with Crippen LogP contribution in [0.3, 0.4) is 0 Å². The third-order valence-electron chi connectivity index (χ3n) is 3.06. The van der Waals surface area contributed by atoms with E-state index >= 15 is 0 Å². The molecule has 1 amide bonds. The zero-order valence-electron chi connectivity index (χ0n) is 10.6. The fourth-order valence-electron chi connectivity index (χ4n) is 2.12. The molecule has 2 N–H and O–H groups in total. The molecular formula is C16H14N2O. The van der Waals surface area contributed by atoms with Gasteiger partial charge < -0.3 is 10.3 Å². The first kappa shape index (κ1) is 11.5. The number of aromatic amines is 1. The number of anilines is 1. The molecule has 3 nitrogen and oxygen atoms in total. The second-order valence-corrected chi connectivity index (χ2v) is 4.59. The van der Waals surface area contributed by atoms with Crippen LogP contribution in [0.2, 0.25) is 0 Å². The predicted octanol–water partition coefficient (Wildman–Crippen LogP) is 3.73. The van der Waals surface area contributed by atoms with E-state index in [4.69, 9.17) is 0 Å². The van der Waals surface area contributed by atoms with Crippen LogP contribution in [0.15, 0.2) is 54.6 Å². The van der Waals surface area contributed by atoms with Crippen molar-refractivity contribution in [2.24, 2.45) is 0 Å². The molecule has 0 radical (unpaired) electrons. The Hall–Kier alpha value is -2.55. The van der Waals surface area contributed by atoms with Crippen LogP contribution in [0.5, 0.6) is 0 Å². The van der Waals surface area contributed by atoms with E-state index in [2.05, 4.69) is 10.3 Å². The number of para-hydroxylation sites is 1. The number of aromatic nitrogens is 1. The van der Waals surface area contributed by atoms with Crippen molar-refractivity contribution in [1.82, 2.24) is 4.98 Å². The highest BCUT2D eigenvalue weighted by molar-refractivity contribution is 6.05. The lowest BCUT2D eigenvalue weighted by molar-refractivity contribution is 0.102. The van der Waals surface area contributed by atoms with Gasteiger partial charge in [0.1, 0.15) is 5.82 Å². The molecule has 0 aliphatic heterocycles. The smallest absolute Gasteiger partial charge is 0.256 e. The molecule has 0 spiro atoms. The number of amides is 1. The van der Waals surface area contributed by atoms with Crippen LogP contribution in [0, 0.1) is 6.92 Å². The standard InChI is InChI=1S/C16H14N2O/c1-11-5-4-7-13(9-11)16(19)18-15-10-12-6-2-3-8-14(12)17-15/h2-10,17H,1H3,(H,18,19). The zero-order chi connectivity index (χ0) is 13.2. The fraction of sp³-hybridized carbons (Fsp3) is 0.0625. The van der Waals surface area contributed by atoms with Crippen molar-refractivity contribution in [3.8, 4) is 0 Å². The number of H-pyrrole nitrogens is 1. The molecule has 94 valence electrons. The lowest BCUT2D eigenvalue weighted by Gasteiger charge is -2.03. The van der Waals surface area contributed by atoms with Gasteiger partial charge in [-0.2, -0.15) is 0 Å². The third-order valence-corrected chi connectivity index (χ3v) is 3.06. The molecule has 2 aromatic carbocycles. The molecule has 0 saturated heterocycles. The van der Waals surface area contributed by atoms with Crippen molar-refractivity contribution in [2.45, 2.75) is 6.92 Å². The van der Waals surface area contributed by atoms with Crippen LogP contribution in [-0.2, 0) is 0 Å². The minimum atomic E-state index is -0.102. The minimum absolute atomic E-state index is 0.102. The van der Waals surface area contributed by atoms with E-state index in [0.717, 1.165) is 16.5 Å². The van der Waals surface area contributed by atoms with E-state index in [-0.39, 0.29) is 5.91 Å². The lowest BCUT2D eigenvalue weighted by atomic mass is 10.1. The van der Waals surface area contributed by atoms with Crippen LogP contribution in [0.25, 0.3) is 10.9 Å². The number of fused-ring (bicyclic) bond motifs is 1. The molecule has 0 saturated carbocycles. The Morgan fingerprint density at radius 1 is 1.05 bits per heavy atom. The summed E-state index contributed by atoms with van der Waals surface area (Å²) < 4.78 is 0. The van der Waals surface area contributed by atoms with Gasteiger partial charge in [-0.3, -0.25) is 4.79 Å². The summed E-state index contributed by atoms with van der Waals surface area (Å²) in [7, 11) is 0. The second kappa shape index (κ2) is 4.61. The summed E-state index contributed by atoms with van der Waals surface area (Å²) in [4.78, 5) is 15.3. The van der Waals surface area contributed by atoms with Crippen LogP contribution in [0.4, 0.5) is 5.82 Å². The maximum Gasteiger partial charge on any atom is 0.256 e. The predicted molar refractivity (Wildman–Crippen MR) is 77.4 cm³/mol. The Morgan fingerprint density at radius 2 is 1.89 bits per heavy atom. The average molecular weight is 250 g/mol. The Kier molecular flexibility index (Phi) is 2.80. The van der Waals surface area contributed by atoms with Gasteiger partial charge in [-0.15, -0.1) is 0 Å². The van der Waals surface area contributed by atoms with E-state index in [1.54, 1.807) is 0 Å².